The molecule has 0 aliphatic heterocycles. The fourth-order valence-electron chi connectivity index (χ4n) is 2.38. The van der Waals surface area contributed by atoms with Gasteiger partial charge in [0.2, 0.25) is 0 Å². The Hall–Kier alpha value is -1.28. The van der Waals surface area contributed by atoms with Crippen LogP contribution in [0.2, 0.25) is 0 Å². The molecule has 0 unspecified atom stereocenters. The van der Waals surface area contributed by atoms with Crippen molar-refractivity contribution < 1.29 is 0 Å². The lowest BCUT2D eigenvalue weighted by Crippen LogP contribution is -1.98. The van der Waals surface area contributed by atoms with Crippen molar-refractivity contribution in [1.29, 1.82) is 0 Å². The molecule has 1 aliphatic rings. The summed E-state index contributed by atoms with van der Waals surface area (Å²) in [6, 6.07) is 10.5. The quantitative estimate of drug-likeness (QED) is 0.761. The summed E-state index contributed by atoms with van der Waals surface area (Å²) in [5.41, 5.74) is 5.51. The summed E-state index contributed by atoms with van der Waals surface area (Å²) >= 11 is 3.66. The minimum Gasteiger partial charge on any atom is -0.319 e. The lowest BCUT2D eigenvalue weighted by Gasteiger charge is -2.07. The molecule has 0 bridgehead atoms. The van der Waals surface area contributed by atoms with Crippen molar-refractivity contribution >= 4 is 22.0 Å². The van der Waals surface area contributed by atoms with Crippen LogP contribution in [0, 0.1) is 0 Å². The molecule has 1 aliphatic carbocycles. The van der Waals surface area contributed by atoms with Gasteiger partial charge in [0.1, 0.15) is 0 Å². The average Bonchev–Trinajstić information content (AvgIpc) is 2.91. The van der Waals surface area contributed by atoms with Gasteiger partial charge in [-0.1, -0.05) is 36.8 Å². The Morgan fingerprint density at radius 1 is 1.24 bits per heavy atom. The number of para-hydroxylation sites is 1. The minimum absolute atomic E-state index is 1.08. The van der Waals surface area contributed by atoms with E-state index in [9.17, 15) is 0 Å². The fourth-order valence-corrected chi connectivity index (χ4v) is 2.93. The lowest BCUT2D eigenvalue weighted by molar-refractivity contribution is 0.930. The smallest absolute Gasteiger partial charge is 0.0453 e. The molecule has 1 aromatic heterocycles. The zero-order valence-corrected chi connectivity index (χ0v) is 11.4. The maximum Gasteiger partial charge on any atom is 0.0453 e. The average molecular weight is 288 g/mol. The second-order valence-electron chi connectivity index (χ2n) is 4.38. The summed E-state index contributed by atoms with van der Waals surface area (Å²) in [4.78, 5) is 0. The van der Waals surface area contributed by atoms with Crippen LogP contribution in [0.3, 0.4) is 0 Å². The molecule has 0 saturated heterocycles. The number of halogens is 1. The summed E-state index contributed by atoms with van der Waals surface area (Å²) in [6.45, 7) is 2.22. The second-order valence-corrected chi connectivity index (χ2v) is 5.23. The van der Waals surface area contributed by atoms with Gasteiger partial charge in [-0.15, -0.1) is 0 Å². The Morgan fingerprint density at radius 2 is 2.00 bits per heavy atom. The number of allylic oxidation sites excluding steroid dienone is 1. The molecule has 1 heterocycles. The zero-order valence-electron chi connectivity index (χ0n) is 9.78. The summed E-state index contributed by atoms with van der Waals surface area (Å²) < 4.78 is 3.48. The molecule has 0 saturated carbocycles. The highest BCUT2D eigenvalue weighted by molar-refractivity contribution is 9.10. The van der Waals surface area contributed by atoms with Gasteiger partial charge in [-0.2, -0.15) is 0 Å². The first-order valence-electron chi connectivity index (χ1n) is 5.94. The molecule has 0 atom stereocenters. The largest absolute Gasteiger partial charge is 0.319 e. The summed E-state index contributed by atoms with van der Waals surface area (Å²) in [6.07, 6.45) is 6.70. The molecule has 0 spiro atoms. The Morgan fingerprint density at radius 3 is 2.71 bits per heavy atom. The predicted octanol–water partition coefficient (Wildman–Crippen LogP) is 4.59. The van der Waals surface area contributed by atoms with Gasteiger partial charge >= 0.3 is 0 Å². The van der Waals surface area contributed by atoms with Crippen LogP contribution in [0.15, 0.2) is 46.6 Å². The normalized spacial score (nSPS) is 13.6. The standard InChI is InChI=1S/C15H14BrN/c1-2-11-8-13-14(16)10-17(15(13)9-11)12-6-4-3-5-7-12/h3-8,10H,2,9H2,1H3. The molecule has 1 aromatic carbocycles. The van der Waals surface area contributed by atoms with E-state index in [0.717, 1.165) is 12.8 Å². The van der Waals surface area contributed by atoms with E-state index in [1.807, 2.05) is 0 Å². The van der Waals surface area contributed by atoms with Crippen molar-refractivity contribution in [3.8, 4) is 5.69 Å². The number of hydrogen-bond acceptors (Lipinski definition) is 0. The molecule has 3 rings (SSSR count). The van der Waals surface area contributed by atoms with Crippen molar-refractivity contribution in [2.75, 3.05) is 0 Å². The lowest BCUT2D eigenvalue weighted by atomic mass is 10.2. The molecule has 17 heavy (non-hydrogen) atoms. The third-order valence-electron chi connectivity index (χ3n) is 3.33. The van der Waals surface area contributed by atoms with Crippen LogP contribution in [0.25, 0.3) is 11.8 Å². The highest BCUT2D eigenvalue weighted by Gasteiger charge is 2.19. The van der Waals surface area contributed by atoms with Gasteiger partial charge in [0.05, 0.1) is 0 Å². The van der Waals surface area contributed by atoms with Crippen molar-refractivity contribution in [3.05, 3.63) is 57.8 Å². The van der Waals surface area contributed by atoms with Gasteiger partial charge in [-0.25, -0.2) is 0 Å². The molecule has 0 amide bonds. The minimum atomic E-state index is 1.08. The molecule has 0 radical (unpaired) electrons. The Bertz CT molecular complexity index is 578. The maximum absolute atomic E-state index is 3.66. The predicted molar refractivity (Wildman–Crippen MR) is 75.4 cm³/mol. The first kappa shape index (κ1) is 10.8. The number of benzene rings is 1. The van der Waals surface area contributed by atoms with E-state index in [1.54, 1.807) is 0 Å². The van der Waals surface area contributed by atoms with Crippen molar-refractivity contribution in [2.24, 2.45) is 0 Å². The van der Waals surface area contributed by atoms with E-state index in [2.05, 4.69) is 70.0 Å². The summed E-state index contributed by atoms with van der Waals surface area (Å²) in [7, 11) is 0. The van der Waals surface area contributed by atoms with E-state index in [-0.39, 0.29) is 0 Å². The Kier molecular flexibility index (Phi) is 2.67. The van der Waals surface area contributed by atoms with Crippen LogP contribution in [0.5, 0.6) is 0 Å². The molecule has 1 nitrogen and oxygen atoms in total. The molecule has 0 fully saturated rings. The van der Waals surface area contributed by atoms with E-state index in [1.165, 1.54) is 27.0 Å². The number of fused-ring (bicyclic) bond motifs is 1. The second kappa shape index (κ2) is 4.19. The van der Waals surface area contributed by atoms with E-state index >= 15 is 0 Å². The van der Waals surface area contributed by atoms with E-state index < -0.39 is 0 Å². The molecular formula is C15H14BrN. The molecule has 86 valence electrons. The monoisotopic (exact) mass is 287 g/mol. The molecule has 0 N–H and O–H groups in total. The van der Waals surface area contributed by atoms with E-state index in [4.69, 9.17) is 0 Å². The Balaban J connectivity index is 2.11. The molecular weight excluding hydrogens is 274 g/mol. The topological polar surface area (TPSA) is 4.93 Å². The first-order valence-corrected chi connectivity index (χ1v) is 6.73. The van der Waals surface area contributed by atoms with Crippen LogP contribution in [-0.2, 0) is 6.42 Å². The first-order chi connectivity index (χ1) is 8.29. The number of rotatable bonds is 2. The zero-order chi connectivity index (χ0) is 11.8. The SMILES string of the molecule is CCC1=Cc2c(Br)cn(-c3ccccc3)c2C1. The van der Waals surface area contributed by atoms with Crippen LogP contribution in [0.4, 0.5) is 0 Å². The van der Waals surface area contributed by atoms with Gasteiger partial charge in [-0.05, 0) is 34.5 Å². The number of hydrogen-bond donors (Lipinski definition) is 0. The Labute approximate surface area is 110 Å². The van der Waals surface area contributed by atoms with Crippen LogP contribution >= 0.6 is 15.9 Å². The van der Waals surface area contributed by atoms with Gasteiger partial charge < -0.3 is 4.57 Å². The highest BCUT2D eigenvalue weighted by atomic mass is 79.9. The third kappa shape index (κ3) is 1.77. The van der Waals surface area contributed by atoms with Crippen molar-refractivity contribution in [2.45, 2.75) is 19.8 Å². The molecule has 2 heteroatoms. The fraction of sp³-hybridized carbons (Fsp3) is 0.200. The maximum atomic E-state index is 3.66. The number of nitrogens with zero attached hydrogens (tertiary/aromatic N) is 1. The van der Waals surface area contributed by atoms with Crippen molar-refractivity contribution in [3.63, 3.8) is 0 Å². The third-order valence-corrected chi connectivity index (χ3v) is 3.96. The van der Waals surface area contributed by atoms with Gasteiger partial charge in [-0.3, -0.25) is 0 Å². The number of aromatic nitrogens is 1. The van der Waals surface area contributed by atoms with Crippen LogP contribution in [-0.4, -0.2) is 4.57 Å². The van der Waals surface area contributed by atoms with Gasteiger partial charge in [0.25, 0.3) is 0 Å². The molecule has 2 aromatic rings. The van der Waals surface area contributed by atoms with Crippen LogP contribution < -0.4 is 0 Å². The summed E-state index contributed by atoms with van der Waals surface area (Å²) in [5, 5.41) is 0. The highest BCUT2D eigenvalue weighted by Crippen LogP contribution is 2.35. The summed E-state index contributed by atoms with van der Waals surface area (Å²) in [5.74, 6) is 0. The van der Waals surface area contributed by atoms with Crippen LogP contribution in [0.1, 0.15) is 24.6 Å². The van der Waals surface area contributed by atoms with Crippen molar-refractivity contribution in [1.82, 2.24) is 4.57 Å². The van der Waals surface area contributed by atoms with E-state index in [0.29, 0.717) is 0 Å². The van der Waals surface area contributed by atoms with Gasteiger partial charge in [0, 0.05) is 34.0 Å². The van der Waals surface area contributed by atoms with Gasteiger partial charge in [0.15, 0.2) is 0 Å².